The van der Waals surface area contributed by atoms with E-state index in [2.05, 4.69) is 23.9 Å². The van der Waals surface area contributed by atoms with E-state index in [9.17, 15) is 22.8 Å². The van der Waals surface area contributed by atoms with Gasteiger partial charge in [0.15, 0.2) is 0 Å². The lowest BCUT2D eigenvalue weighted by molar-refractivity contribution is -0.141. The van der Waals surface area contributed by atoms with E-state index < -0.39 is 56.7 Å². The van der Waals surface area contributed by atoms with Crippen molar-refractivity contribution in [3.63, 3.8) is 0 Å². The van der Waals surface area contributed by atoms with Crippen LogP contribution in [0.25, 0.3) is 21.6 Å². The van der Waals surface area contributed by atoms with E-state index in [0.29, 0.717) is 42.0 Å². The molecule has 6 atom stereocenters. The number of sulfonamides is 1. The normalized spacial score (nSPS) is 28.4. The number of thiazole rings is 1. The number of rotatable bonds is 8. The number of ether oxygens (including phenoxy) is 2. The lowest BCUT2D eigenvalue weighted by atomic mass is 9.98. The van der Waals surface area contributed by atoms with Crippen LogP contribution in [0.3, 0.4) is 0 Å². The van der Waals surface area contributed by atoms with E-state index in [1.807, 2.05) is 49.6 Å². The average molecular weight is 779 g/mol. The maximum Gasteiger partial charge on any atom is 0.259 e. The van der Waals surface area contributed by atoms with E-state index in [4.69, 9.17) is 25.2 Å². The molecule has 15 heteroatoms. The summed E-state index contributed by atoms with van der Waals surface area (Å²) in [5.74, 6) is -1.17. The van der Waals surface area contributed by atoms with Gasteiger partial charge in [0.05, 0.1) is 36.2 Å². The summed E-state index contributed by atoms with van der Waals surface area (Å²) in [5, 5.41) is 5.84. The summed E-state index contributed by atoms with van der Waals surface area (Å²) in [4.78, 5) is 53.7. The van der Waals surface area contributed by atoms with Gasteiger partial charge in [0.2, 0.25) is 21.8 Å². The number of aryl methyl sites for hydroxylation is 1. The van der Waals surface area contributed by atoms with E-state index in [-0.39, 0.29) is 30.7 Å². The van der Waals surface area contributed by atoms with Crippen molar-refractivity contribution in [3.8, 4) is 22.2 Å². The van der Waals surface area contributed by atoms with Crippen LogP contribution in [0.5, 0.6) is 11.5 Å². The van der Waals surface area contributed by atoms with Crippen LogP contribution in [0.15, 0.2) is 35.7 Å². The number of nitrogens with zero attached hydrogens (tertiary/aromatic N) is 3. The molecule has 54 heavy (non-hydrogen) atoms. The molecular formula is C39H50N6O7S2. The lowest BCUT2D eigenvalue weighted by Gasteiger charge is -2.29. The van der Waals surface area contributed by atoms with Gasteiger partial charge >= 0.3 is 0 Å². The minimum Gasteiger partial charge on any atom is -0.496 e. The van der Waals surface area contributed by atoms with E-state index in [1.54, 1.807) is 7.11 Å². The largest absolute Gasteiger partial charge is 0.496 e. The van der Waals surface area contributed by atoms with Crippen molar-refractivity contribution in [1.82, 2.24) is 24.9 Å². The van der Waals surface area contributed by atoms with Gasteiger partial charge in [0, 0.05) is 34.2 Å². The second-order valence-electron chi connectivity index (χ2n) is 15.6. The lowest BCUT2D eigenvalue weighted by Crippen LogP contribution is -2.58. The molecule has 13 nitrogen and oxygen atoms in total. The first kappa shape index (κ1) is 38.2. The maximum atomic E-state index is 14.5. The highest BCUT2D eigenvalue weighted by molar-refractivity contribution is 7.91. The molecule has 3 fully saturated rings. The second kappa shape index (κ2) is 14.9. The molecule has 4 aliphatic rings. The zero-order chi connectivity index (χ0) is 38.5. The number of nitrogens with one attached hydrogen (secondary N) is 2. The summed E-state index contributed by atoms with van der Waals surface area (Å²) in [7, 11) is -2.25. The van der Waals surface area contributed by atoms with Crippen molar-refractivity contribution in [3.05, 3.63) is 47.0 Å². The number of hydrogen-bond donors (Lipinski definition) is 3. The zero-order valence-corrected chi connectivity index (χ0v) is 33.1. The van der Waals surface area contributed by atoms with Gasteiger partial charge < -0.3 is 25.4 Å². The molecule has 2 aliphatic heterocycles. The number of aromatic nitrogens is 2. The number of fused-ring (bicyclic) bond motifs is 3. The Morgan fingerprint density at radius 3 is 2.61 bits per heavy atom. The number of pyridine rings is 1. The van der Waals surface area contributed by atoms with Crippen molar-refractivity contribution in [2.45, 2.75) is 114 Å². The third-order valence-electron chi connectivity index (χ3n) is 11.4. The van der Waals surface area contributed by atoms with E-state index in [1.165, 1.54) is 16.2 Å². The van der Waals surface area contributed by atoms with Gasteiger partial charge in [-0.15, -0.1) is 11.3 Å². The van der Waals surface area contributed by atoms with E-state index >= 15 is 0 Å². The van der Waals surface area contributed by atoms with Crippen LogP contribution in [0.2, 0.25) is 0 Å². The number of methoxy groups -OCH3 is 1. The number of allylic oxidation sites excluding steroid dienone is 1. The molecule has 1 saturated heterocycles. The van der Waals surface area contributed by atoms with Gasteiger partial charge in [0.25, 0.3) is 5.91 Å². The van der Waals surface area contributed by atoms with Crippen molar-refractivity contribution in [2.24, 2.45) is 17.6 Å². The van der Waals surface area contributed by atoms with Gasteiger partial charge in [-0.25, -0.2) is 18.4 Å². The number of benzene rings is 1. The Bertz CT molecular complexity index is 2100. The molecule has 7 rings (SSSR count). The Morgan fingerprint density at radius 1 is 1.13 bits per heavy atom. The third kappa shape index (κ3) is 7.34. The Labute approximate surface area is 320 Å². The zero-order valence-electron chi connectivity index (χ0n) is 31.5. The van der Waals surface area contributed by atoms with Gasteiger partial charge in [-0.2, -0.15) is 0 Å². The molecule has 0 radical (unpaired) electrons. The molecule has 3 aromatic rings. The standard InChI is InChI=1S/C39H50N6O7S2/c1-21(2)29-20-53-36(42-29)28-17-31(26-15-16-30(51-5)22(3)33(26)41-28)52-32-19-45-34(23(32)4)35(46)43-39(38(48)44-54(49,50)25-13-14-25)18-24(39)11-9-7-6-8-10-12-27(40)37(45)47/h9,11,15-17,20-21,23-25,27,32,34H,6-8,10,12-14,18-19,40H2,1-5H3,(H,43,46)(H,44,48)/b11-9-/t23-,24-,27+,32+,34+,39-/m1/s1. The van der Waals surface area contributed by atoms with Crippen molar-refractivity contribution < 1.29 is 32.3 Å². The average Bonchev–Trinajstić information content (AvgIpc) is 4.03. The molecule has 0 bridgehead atoms. The van der Waals surface area contributed by atoms with Gasteiger partial charge in [-0.3, -0.25) is 19.1 Å². The molecule has 3 amide bonds. The molecule has 2 saturated carbocycles. The van der Waals surface area contributed by atoms with Crippen LogP contribution in [0.1, 0.15) is 89.3 Å². The minimum absolute atomic E-state index is 0.0768. The number of carbonyl (C=O) groups excluding carboxylic acids is 3. The Hall–Kier alpha value is -4.08. The summed E-state index contributed by atoms with van der Waals surface area (Å²) >= 11 is 1.50. The molecule has 290 valence electrons. The SMILES string of the molecule is COc1ccc2c(O[C@H]3CN4C(=O)[C@@H](N)CCCCC/C=C\[C@@H]5C[C@@]5(C(=O)NS(=O)(=O)C5CC5)NC(=O)[C@@H]4[C@@H]3C)cc(-c3nc(C(C)C)cs3)nc2c1C. The summed E-state index contributed by atoms with van der Waals surface area (Å²) in [5.41, 5.74) is 8.15. The molecular weight excluding hydrogens is 729 g/mol. The maximum absolute atomic E-state index is 14.5. The van der Waals surface area contributed by atoms with Gasteiger partial charge in [-0.05, 0) is 63.5 Å². The quantitative estimate of drug-likeness (QED) is 0.271. The second-order valence-corrected chi connectivity index (χ2v) is 18.4. The highest BCUT2D eigenvalue weighted by atomic mass is 32.2. The number of amides is 3. The first-order valence-corrected chi connectivity index (χ1v) is 21.4. The number of carbonyl (C=O) groups is 3. The minimum atomic E-state index is -3.86. The number of nitrogens with two attached hydrogens (primary N) is 1. The third-order valence-corrected chi connectivity index (χ3v) is 14.1. The molecule has 4 N–H and O–H groups in total. The van der Waals surface area contributed by atoms with Crippen LogP contribution in [-0.4, -0.2) is 83.6 Å². The fraction of sp³-hybridized carbons (Fsp3) is 0.564. The number of hydrogen-bond acceptors (Lipinski definition) is 11. The highest BCUT2D eigenvalue weighted by Crippen LogP contribution is 2.46. The fourth-order valence-electron chi connectivity index (χ4n) is 7.71. The summed E-state index contributed by atoms with van der Waals surface area (Å²) < 4.78 is 40.4. The summed E-state index contributed by atoms with van der Waals surface area (Å²) in [6.45, 7) is 8.04. The summed E-state index contributed by atoms with van der Waals surface area (Å²) in [6.07, 6.45) is 8.19. The van der Waals surface area contributed by atoms with Crippen LogP contribution < -0.4 is 25.2 Å². The Balaban J connectivity index is 1.24. The van der Waals surface area contributed by atoms with Crippen LogP contribution >= 0.6 is 11.3 Å². The molecule has 2 aromatic heterocycles. The van der Waals surface area contributed by atoms with Crippen LogP contribution in [0, 0.1) is 18.8 Å². The highest BCUT2D eigenvalue weighted by Gasteiger charge is 2.62. The smallest absolute Gasteiger partial charge is 0.259 e. The van der Waals surface area contributed by atoms with Crippen molar-refractivity contribution >= 4 is 50.0 Å². The topological polar surface area (TPSA) is 183 Å². The molecule has 0 unspecified atom stereocenters. The van der Waals surface area contributed by atoms with Crippen molar-refractivity contribution in [2.75, 3.05) is 13.7 Å². The predicted molar refractivity (Wildman–Crippen MR) is 207 cm³/mol. The molecule has 0 spiro atoms. The Morgan fingerprint density at radius 2 is 1.91 bits per heavy atom. The van der Waals surface area contributed by atoms with Crippen LogP contribution in [-0.2, 0) is 24.4 Å². The van der Waals surface area contributed by atoms with Gasteiger partial charge in [-0.1, -0.05) is 45.8 Å². The molecule has 4 heterocycles. The van der Waals surface area contributed by atoms with E-state index in [0.717, 1.165) is 47.3 Å². The summed E-state index contributed by atoms with van der Waals surface area (Å²) in [6, 6.07) is 3.74. The monoisotopic (exact) mass is 778 g/mol. The van der Waals surface area contributed by atoms with Crippen LogP contribution in [0.4, 0.5) is 0 Å². The molecule has 2 aliphatic carbocycles. The predicted octanol–water partition coefficient (Wildman–Crippen LogP) is 4.72. The first-order valence-electron chi connectivity index (χ1n) is 19.0. The van der Waals surface area contributed by atoms with Gasteiger partial charge in [0.1, 0.15) is 39.9 Å². The first-order chi connectivity index (χ1) is 25.7. The van der Waals surface area contributed by atoms with Crippen molar-refractivity contribution in [1.29, 1.82) is 0 Å². The Kier molecular flexibility index (Phi) is 10.5. The molecule has 1 aromatic carbocycles. The fourth-order valence-corrected chi connectivity index (χ4v) is 10.0.